The number of hydrogen-bond acceptors (Lipinski definition) is 5. The molecule has 1 aromatic rings. The minimum atomic E-state index is -3.94. The minimum absolute atomic E-state index is 0.0920. The van der Waals surface area contributed by atoms with Crippen LogP contribution >= 0.6 is 15.9 Å². The molecule has 1 heterocycles. The van der Waals surface area contributed by atoms with Crippen molar-refractivity contribution in [2.75, 3.05) is 16.1 Å². The van der Waals surface area contributed by atoms with Crippen molar-refractivity contribution >= 4 is 41.6 Å². The topological polar surface area (TPSA) is 93.2 Å². The zero-order chi connectivity index (χ0) is 13.3. The van der Waals surface area contributed by atoms with Gasteiger partial charge in [0.05, 0.1) is 5.69 Å². The van der Waals surface area contributed by atoms with Crippen molar-refractivity contribution < 1.29 is 16.8 Å². The molecule has 1 aromatic heterocycles. The van der Waals surface area contributed by atoms with Gasteiger partial charge >= 0.3 is 0 Å². The van der Waals surface area contributed by atoms with E-state index in [1.165, 1.54) is 6.07 Å². The van der Waals surface area contributed by atoms with Crippen molar-refractivity contribution in [3.63, 3.8) is 0 Å². The van der Waals surface area contributed by atoms with E-state index in [4.69, 9.17) is 0 Å². The first-order valence-corrected chi connectivity index (χ1v) is 8.91. The summed E-state index contributed by atoms with van der Waals surface area (Å²) < 4.78 is 47.6. The summed E-state index contributed by atoms with van der Waals surface area (Å²) in [5, 5.41) is -0.962. The highest BCUT2D eigenvalue weighted by atomic mass is 79.9. The molecule has 0 aliphatic carbocycles. The molecule has 0 radical (unpaired) electrons. The normalized spacial score (nSPS) is 12.4. The number of anilines is 1. The molecular weight excluding hydrogens is 332 g/mol. The van der Waals surface area contributed by atoms with E-state index in [2.05, 4.69) is 25.6 Å². The van der Waals surface area contributed by atoms with E-state index in [0.29, 0.717) is 5.69 Å². The zero-order valence-corrected chi connectivity index (χ0v) is 12.4. The number of pyridine rings is 1. The fourth-order valence-corrected chi connectivity index (χ4v) is 4.22. The molecule has 0 saturated carbocycles. The molecule has 0 aliphatic heterocycles. The fraction of sp³-hybridized carbons (Fsp3) is 0.375. The average molecular weight is 343 g/mol. The molecular formula is C8H11BrN2O4S2. The lowest BCUT2D eigenvalue weighted by molar-refractivity contribution is 0.595. The smallest absolute Gasteiger partial charge is 0.248 e. The Balaban J connectivity index is 2.95. The van der Waals surface area contributed by atoms with Gasteiger partial charge in [0.25, 0.3) is 0 Å². The highest BCUT2D eigenvalue weighted by Gasteiger charge is 2.18. The Kier molecular flexibility index (Phi) is 4.15. The van der Waals surface area contributed by atoms with Crippen LogP contribution in [-0.2, 0) is 19.9 Å². The molecule has 6 nitrogen and oxygen atoms in total. The van der Waals surface area contributed by atoms with Gasteiger partial charge in [0.1, 0.15) is 5.82 Å². The second kappa shape index (κ2) is 4.91. The molecule has 9 heteroatoms. The lowest BCUT2D eigenvalue weighted by Gasteiger charge is -2.07. The Bertz CT molecular complexity index is 625. The van der Waals surface area contributed by atoms with Crippen LogP contribution in [0.4, 0.5) is 5.82 Å². The van der Waals surface area contributed by atoms with E-state index < -0.39 is 24.9 Å². The molecule has 1 N–H and O–H groups in total. The number of aromatic nitrogens is 1. The van der Waals surface area contributed by atoms with Gasteiger partial charge in [-0.25, -0.2) is 21.8 Å². The summed E-state index contributed by atoms with van der Waals surface area (Å²) in [5.41, 5.74) is 0.601. The summed E-state index contributed by atoms with van der Waals surface area (Å²) in [6.07, 6.45) is 0.854. The first-order valence-electron chi connectivity index (χ1n) is 4.40. The summed E-state index contributed by atoms with van der Waals surface area (Å²) in [6.45, 7) is 1.69. The van der Waals surface area contributed by atoms with Gasteiger partial charge in [-0.05, 0) is 35.0 Å². The summed E-state index contributed by atoms with van der Waals surface area (Å²) in [4.78, 5) is 3.96. The van der Waals surface area contributed by atoms with Crippen molar-refractivity contribution in [3.8, 4) is 0 Å². The number of sulfone groups is 1. The third-order valence-electron chi connectivity index (χ3n) is 1.65. The zero-order valence-electron chi connectivity index (χ0n) is 9.14. The van der Waals surface area contributed by atoms with E-state index in [-0.39, 0.29) is 5.82 Å². The lowest BCUT2D eigenvalue weighted by atomic mass is 10.4. The number of aryl methyl sites for hydroxylation is 1. The van der Waals surface area contributed by atoms with Gasteiger partial charge in [0.2, 0.25) is 10.0 Å². The third kappa shape index (κ3) is 5.00. The van der Waals surface area contributed by atoms with Gasteiger partial charge in [-0.2, -0.15) is 0 Å². The maximum absolute atomic E-state index is 11.5. The fourth-order valence-electron chi connectivity index (χ4n) is 1.07. The molecule has 0 amide bonds. The molecule has 0 spiro atoms. The predicted molar refractivity (Wildman–Crippen MR) is 68.9 cm³/mol. The Morgan fingerprint density at radius 2 is 1.88 bits per heavy atom. The van der Waals surface area contributed by atoms with Crippen LogP contribution in [0.2, 0.25) is 0 Å². The van der Waals surface area contributed by atoms with Crippen LogP contribution in [0.5, 0.6) is 0 Å². The van der Waals surface area contributed by atoms with E-state index in [1.807, 2.05) is 0 Å². The van der Waals surface area contributed by atoms with E-state index in [9.17, 15) is 16.8 Å². The minimum Gasteiger partial charge on any atom is -0.266 e. The predicted octanol–water partition coefficient (Wildman–Crippen LogP) is 0.896. The monoisotopic (exact) mass is 342 g/mol. The molecule has 0 unspecified atom stereocenters. The van der Waals surface area contributed by atoms with Gasteiger partial charge in [-0.15, -0.1) is 0 Å². The molecule has 17 heavy (non-hydrogen) atoms. The molecule has 0 fully saturated rings. The lowest BCUT2D eigenvalue weighted by Crippen LogP contribution is -2.22. The van der Waals surface area contributed by atoms with E-state index in [1.54, 1.807) is 13.0 Å². The maximum Gasteiger partial charge on any atom is 0.248 e. The second-order valence-electron chi connectivity index (χ2n) is 3.52. The Labute approximate surface area is 109 Å². The van der Waals surface area contributed by atoms with E-state index >= 15 is 0 Å². The standard InChI is InChI=1S/C8H11BrN2O4S2/c1-6-7(9)3-4-8(10-6)11-17(14,15)5-16(2,12)13/h3-4H,5H2,1-2H3,(H,10,11). The van der Waals surface area contributed by atoms with Gasteiger partial charge in [-0.3, -0.25) is 4.72 Å². The molecule has 0 aliphatic rings. The number of nitrogens with one attached hydrogen (secondary N) is 1. The number of nitrogens with zero attached hydrogens (tertiary/aromatic N) is 1. The molecule has 1 rings (SSSR count). The first kappa shape index (κ1) is 14.4. The molecule has 0 saturated heterocycles. The van der Waals surface area contributed by atoms with Crippen LogP contribution in [0, 0.1) is 6.92 Å². The van der Waals surface area contributed by atoms with Crippen molar-refractivity contribution in [2.24, 2.45) is 0 Å². The van der Waals surface area contributed by atoms with Gasteiger partial charge in [-0.1, -0.05) is 0 Å². The van der Waals surface area contributed by atoms with Crippen LogP contribution in [0.3, 0.4) is 0 Å². The molecule has 0 atom stereocenters. The summed E-state index contributed by atoms with van der Waals surface area (Å²) in [7, 11) is -7.55. The number of hydrogen-bond donors (Lipinski definition) is 1. The van der Waals surface area contributed by atoms with Crippen LogP contribution in [-0.4, -0.2) is 33.2 Å². The quantitative estimate of drug-likeness (QED) is 0.877. The number of sulfonamides is 1. The van der Waals surface area contributed by atoms with Crippen LogP contribution in [0.1, 0.15) is 5.69 Å². The Morgan fingerprint density at radius 1 is 1.29 bits per heavy atom. The summed E-state index contributed by atoms with van der Waals surface area (Å²) in [6, 6.07) is 3.07. The number of halogens is 1. The number of rotatable bonds is 4. The highest BCUT2D eigenvalue weighted by molar-refractivity contribution is 9.10. The van der Waals surface area contributed by atoms with Crippen molar-refractivity contribution in [1.29, 1.82) is 0 Å². The average Bonchev–Trinajstić information content (AvgIpc) is 2.06. The molecule has 96 valence electrons. The third-order valence-corrected chi connectivity index (χ3v) is 5.96. The second-order valence-corrected chi connectivity index (χ2v) is 8.61. The highest BCUT2D eigenvalue weighted by Crippen LogP contribution is 2.17. The Morgan fingerprint density at radius 3 is 2.35 bits per heavy atom. The maximum atomic E-state index is 11.5. The van der Waals surface area contributed by atoms with Crippen molar-refractivity contribution in [3.05, 3.63) is 22.3 Å². The van der Waals surface area contributed by atoms with Gasteiger partial charge < -0.3 is 0 Å². The van der Waals surface area contributed by atoms with Gasteiger partial charge in [0.15, 0.2) is 14.9 Å². The molecule has 0 bridgehead atoms. The van der Waals surface area contributed by atoms with E-state index in [0.717, 1.165) is 10.7 Å². The van der Waals surface area contributed by atoms with Crippen LogP contribution < -0.4 is 4.72 Å². The van der Waals surface area contributed by atoms with Crippen molar-refractivity contribution in [1.82, 2.24) is 4.98 Å². The molecule has 0 aromatic carbocycles. The van der Waals surface area contributed by atoms with Crippen molar-refractivity contribution in [2.45, 2.75) is 6.92 Å². The van der Waals surface area contributed by atoms with Crippen LogP contribution in [0.25, 0.3) is 0 Å². The summed E-state index contributed by atoms with van der Waals surface area (Å²) in [5.74, 6) is 0.0920. The largest absolute Gasteiger partial charge is 0.266 e. The Hall–Kier alpha value is -0.670. The first-order chi connectivity index (χ1) is 7.59. The van der Waals surface area contributed by atoms with Gasteiger partial charge in [0, 0.05) is 10.7 Å². The summed E-state index contributed by atoms with van der Waals surface area (Å²) >= 11 is 3.22. The van der Waals surface area contributed by atoms with Crippen LogP contribution in [0.15, 0.2) is 16.6 Å². The SMILES string of the molecule is Cc1nc(NS(=O)(=O)CS(C)(=O)=O)ccc1Br.